The Labute approximate surface area is 213 Å². The van der Waals surface area contributed by atoms with Gasteiger partial charge in [0.25, 0.3) is 0 Å². The van der Waals surface area contributed by atoms with Gasteiger partial charge in [0.2, 0.25) is 0 Å². The van der Waals surface area contributed by atoms with Crippen LogP contribution < -0.4 is 0 Å². The summed E-state index contributed by atoms with van der Waals surface area (Å²) in [4.78, 5) is 0. The topological polar surface area (TPSA) is 69.7 Å². The molecule has 0 saturated carbocycles. The summed E-state index contributed by atoms with van der Waals surface area (Å²) in [6, 6.07) is 23.6. The number of azo groups is 2. The first-order chi connectivity index (χ1) is 17.4. The second-order valence-corrected chi connectivity index (χ2v) is 9.75. The molecule has 0 radical (unpaired) electrons. The van der Waals surface area contributed by atoms with Crippen LogP contribution in [0.3, 0.4) is 0 Å². The molecular weight excluding hydrogens is 444 g/mol. The molecule has 5 nitrogen and oxygen atoms in total. The average molecular weight is 479 g/mol. The molecule has 0 aromatic heterocycles. The molecule has 0 fully saturated rings. The van der Waals surface area contributed by atoms with Gasteiger partial charge in [-0.3, -0.25) is 0 Å². The zero-order chi connectivity index (χ0) is 25.5. The highest BCUT2D eigenvalue weighted by atomic mass is 16.3. The van der Waals surface area contributed by atoms with E-state index < -0.39 is 0 Å². The monoisotopic (exact) mass is 478 g/mol. The van der Waals surface area contributed by atoms with E-state index in [1.807, 2.05) is 80.6 Å². The van der Waals surface area contributed by atoms with E-state index in [0.29, 0.717) is 11.6 Å². The Morgan fingerprint density at radius 2 is 1.39 bits per heavy atom. The molecule has 4 rings (SSSR count). The predicted molar refractivity (Wildman–Crippen MR) is 149 cm³/mol. The third-order valence-electron chi connectivity index (χ3n) is 6.39. The fraction of sp³-hybridized carbons (Fsp3) is 0.290. The van der Waals surface area contributed by atoms with Crippen LogP contribution in [0, 0.1) is 19.8 Å². The second-order valence-electron chi connectivity index (χ2n) is 9.75. The van der Waals surface area contributed by atoms with Crippen molar-refractivity contribution in [2.75, 3.05) is 0 Å². The summed E-state index contributed by atoms with van der Waals surface area (Å²) in [6.07, 6.45) is 4.46. The van der Waals surface area contributed by atoms with Gasteiger partial charge in [0.05, 0.1) is 17.1 Å². The van der Waals surface area contributed by atoms with Gasteiger partial charge >= 0.3 is 0 Å². The van der Waals surface area contributed by atoms with Crippen molar-refractivity contribution in [3.8, 4) is 5.75 Å². The van der Waals surface area contributed by atoms with Crippen LogP contribution in [0.2, 0.25) is 0 Å². The Morgan fingerprint density at radius 3 is 2.14 bits per heavy atom. The molecule has 0 spiro atoms. The lowest BCUT2D eigenvalue weighted by Gasteiger charge is -2.11. The molecule has 0 saturated heterocycles. The van der Waals surface area contributed by atoms with Crippen LogP contribution in [-0.2, 0) is 6.42 Å². The molecule has 1 N–H and O–H groups in total. The van der Waals surface area contributed by atoms with E-state index in [0.717, 1.165) is 57.4 Å². The first-order valence-corrected chi connectivity index (χ1v) is 12.7. The molecule has 0 unspecified atom stereocenters. The van der Waals surface area contributed by atoms with Gasteiger partial charge in [-0.25, -0.2) is 0 Å². The van der Waals surface area contributed by atoms with Crippen LogP contribution in [0.15, 0.2) is 93.3 Å². The molecule has 0 amide bonds. The van der Waals surface area contributed by atoms with Gasteiger partial charge in [0.15, 0.2) is 0 Å². The van der Waals surface area contributed by atoms with E-state index >= 15 is 0 Å². The number of aromatic hydroxyl groups is 1. The molecule has 4 aromatic rings. The predicted octanol–water partition coefficient (Wildman–Crippen LogP) is 10.4. The fourth-order valence-corrected chi connectivity index (χ4v) is 4.30. The molecule has 4 aromatic carbocycles. The van der Waals surface area contributed by atoms with Gasteiger partial charge in [0.1, 0.15) is 11.4 Å². The molecule has 36 heavy (non-hydrogen) atoms. The number of hydrogen-bond acceptors (Lipinski definition) is 5. The van der Waals surface area contributed by atoms with E-state index in [1.54, 1.807) is 0 Å². The van der Waals surface area contributed by atoms with Crippen molar-refractivity contribution in [3.05, 3.63) is 89.5 Å². The lowest BCUT2D eigenvalue weighted by atomic mass is 9.96. The number of hydrogen-bond donors (Lipinski definition) is 1. The van der Waals surface area contributed by atoms with Crippen LogP contribution in [-0.4, -0.2) is 5.11 Å². The number of fused-ring (bicyclic) bond motifs is 1. The molecule has 0 aliphatic carbocycles. The minimum absolute atomic E-state index is 0.164. The van der Waals surface area contributed by atoms with E-state index in [4.69, 9.17) is 0 Å². The number of rotatable bonds is 9. The summed E-state index contributed by atoms with van der Waals surface area (Å²) in [5.41, 5.74) is 6.01. The first-order valence-electron chi connectivity index (χ1n) is 12.7. The maximum atomic E-state index is 10.8. The number of benzene rings is 4. The molecular formula is C31H34N4O. The number of unbranched alkanes of at least 4 members (excludes halogenated alkanes) is 1. The summed E-state index contributed by atoms with van der Waals surface area (Å²) in [5, 5.41) is 30.6. The zero-order valence-electron chi connectivity index (χ0n) is 21.6. The lowest BCUT2D eigenvalue weighted by molar-refractivity contribution is 0.476. The van der Waals surface area contributed by atoms with Crippen molar-refractivity contribution < 1.29 is 5.11 Å². The highest BCUT2D eigenvalue weighted by molar-refractivity contribution is 5.97. The van der Waals surface area contributed by atoms with E-state index in [9.17, 15) is 5.11 Å². The molecule has 0 aliphatic heterocycles. The first kappa shape index (κ1) is 25.2. The van der Waals surface area contributed by atoms with Crippen molar-refractivity contribution in [3.63, 3.8) is 0 Å². The summed E-state index contributed by atoms with van der Waals surface area (Å²) in [5.74, 6) is 0.879. The van der Waals surface area contributed by atoms with Crippen LogP contribution in [0.25, 0.3) is 10.8 Å². The van der Waals surface area contributed by atoms with Gasteiger partial charge in [-0.15, -0.1) is 5.11 Å². The standard InChI is InChI=1S/C31H34N4O/c1-21(2)11-5-7-13-24-20-30(36)31(27-15-9-8-14-26(24)27)35-34-29-18-17-25(19-23(29)4)32-33-28-16-10-6-12-22(28)3/h6,8-10,12,14-21,36H,5,7,11,13H2,1-4H3. The molecule has 0 atom stereocenters. The van der Waals surface area contributed by atoms with Gasteiger partial charge in [-0.2, -0.15) is 15.3 Å². The summed E-state index contributed by atoms with van der Waals surface area (Å²) >= 11 is 0. The van der Waals surface area contributed by atoms with Gasteiger partial charge in [-0.1, -0.05) is 69.2 Å². The van der Waals surface area contributed by atoms with E-state index in [2.05, 4.69) is 40.4 Å². The van der Waals surface area contributed by atoms with Gasteiger partial charge in [0, 0.05) is 5.39 Å². The summed E-state index contributed by atoms with van der Waals surface area (Å²) in [6.45, 7) is 8.50. The normalized spacial score (nSPS) is 11.9. The highest BCUT2D eigenvalue weighted by Crippen LogP contribution is 2.39. The van der Waals surface area contributed by atoms with E-state index in [1.165, 1.54) is 12.8 Å². The SMILES string of the molecule is Cc1ccccc1N=Nc1ccc(N=Nc2c(O)cc(CCCCC(C)C)c3ccccc23)c(C)c1. The summed E-state index contributed by atoms with van der Waals surface area (Å²) < 4.78 is 0. The third-order valence-corrected chi connectivity index (χ3v) is 6.39. The largest absolute Gasteiger partial charge is 0.506 e. The lowest BCUT2D eigenvalue weighted by Crippen LogP contribution is -1.92. The fourth-order valence-electron chi connectivity index (χ4n) is 4.30. The van der Waals surface area contributed by atoms with Crippen LogP contribution in [0.1, 0.15) is 49.8 Å². The Hall–Kier alpha value is -3.86. The minimum Gasteiger partial charge on any atom is -0.506 e. The minimum atomic E-state index is 0.164. The van der Waals surface area contributed by atoms with Crippen molar-refractivity contribution in [2.24, 2.45) is 26.4 Å². The zero-order valence-corrected chi connectivity index (χ0v) is 21.6. The number of aryl methyl sites for hydroxylation is 3. The molecule has 0 heterocycles. The maximum absolute atomic E-state index is 10.8. The van der Waals surface area contributed by atoms with Crippen LogP contribution >= 0.6 is 0 Å². The molecule has 184 valence electrons. The van der Waals surface area contributed by atoms with Crippen LogP contribution in [0.4, 0.5) is 22.7 Å². The van der Waals surface area contributed by atoms with E-state index in [-0.39, 0.29) is 5.75 Å². The molecule has 5 heteroatoms. The Balaban J connectivity index is 1.56. The highest BCUT2D eigenvalue weighted by Gasteiger charge is 2.12. The Morgan fingerprint density at radius 1 is 0.694 bits per heavy atom. The second kappa shape index (κ2) is 11.7. The van der Waals surface area contributed by atoms with Crippen molar-refractivity contribution in [1.82, 2.24) is 0 Å². The van der Waals surface area contributed by atoms with Gasteiger partial charge in [-0.05, 0) is 85.0 Å². The average Bonchev–Trinajstić information content (AvgIpc) is 2.86. The quantitative estimate of drug-likeness (QED) is 0.189. The Kier molecular flexibility index (Phi) is 8.21. The number of phenols is 1. The number of nitrogens with zero attached hydrogens (tertiary/aromatic N) is 4. The molecule has 0 bridgehead atoms. The van der Waals surface area contributed by atoms with Gasteiger partial charge < -0.3 is 5.11 Å². The van der Waals surface area contributed by atoms with Crippen molar-refractivity contribution >= 4 is 33.5 Å². The Bertz CT molecular complexity index is 1410. The smallest absolute Gasteiger partial charge is 0.144 e. The van der Waals surface area contributed by atoms with Crippen LogP contribution in [0.5, 0.6) is 5.75 Å². The molecule has 0 aliphatic rings. The maximum Gasteiger partial charge on any atom is 0.144 e. The van der Waals surface area contributed by atoms with Crippen molar-refractivity contribution in [1.29, 1.82) is 0 Å². The summed E-state index contributed by atoms with van der Waals surface area (Å²) in [7, 11) is 0. The third kappa shape index (κ3) is 6.22. The van der Waals surface area contributed by atoms with Crippen molar-refractivity contribution in [2.45, 2.75) is 53.4 Å². The number of phenolic OH excluding ortho intramolecular Hbond substituents is 1.